The lowest BCUT2D eigenvalue weighted by Gasteiger charge is -2.24. The second-order valence-electron chi connectivity index (χ2n) is 6.89. The van der Waals surface area contributed by atoms with Crippen molar-refractivity contribution in [2.24, 2.45) is 0 Å². The fourth-order valence-electron chi connectivity index (χ4n) is 3.06. The van der Waals surface area contributed by atoms with Crippen LogP contribution in [-0.2, 0) is 21.2 Å². The first kappa shape index (κ1) is 21.0. The molecule has 2 rings (SSSR count). The average molecular weight is 389 g/mol. The molecule has 0 spiro atoms. The quantitative estimate of drug-likeness (QED) is 0.780. The first-order valence-corrected chi connectivity index (χ1v) is 10.9. The third kappa shape index (κ3) is 5.32. The van der Waals surface area contributed by atoms with Crippen molar-refractivity contribution in [3.05, 3.63) is 58.7 Å². The van der Waals surface area contributed by atoms with Gasteiger partial charge in [0.2, 0.25) is 15.9 Å². The first-order valence-electron chi connectivity index (χ1n) is 9.06. The van der Waals surface area contributed by atoms with Crippen LogP contribution in [0.3, 0.4) is 0 Å². The number of hydrogen-bond acceptors (Lipinski definition) is 3. The Morgan fingerprint density at radius 3 is 2.41 bits per heavy atom. The zero-order valence-electron chi connectivity index (χ0n) is 16.7. The van der Waals surface area contributed by atoms with E-state index in [0.717, 1.165) is 34.4 Å². The maximum atomic E-state index is 12.5. The highest BCUT2D eigenvalue weighted by atomic mass is 32.2. The van der Waals surface area contributed by atoms with Crippen LogP contribution < -0.4 is 9.62 Å². The molecule has 0 saturated carbocycles. The lowest BCUT2D eigenvalue weighted by Crippen LogP contribution is -2.33. The summed E-state index contributed by atoms with van der Waals surface area (Å²) in [4.78, 5) is 12.5. The average Bonchev–Trinajstić information content (AvgIpc) is 2.58. The van der Waals surface area contributed by atoms with Crippen molar-refractivity contribution < 1.29 is 13.2 Å². The molecule has 0 aliphatic rings. The van der Waals surface area contributed by atoms with Crippen LogP contribution in [0.5, 0.6) is 0 Å². The van der Waals surface area contributed by atoms with Crippen molar-refractivity contribution in [1.82, 2.24) is 0 Å². The zero-order valence-corrected chi connectivity index (χ0v) is 17.5. The van der Waals surface area contributed by atoms with Gasteiger partial charge in [0, 0.05) is 18.7 Å². The van der Waals surface area contributed by atoms with E-state index < -0.39 is 10.0 Å². The number of carbonyl (C=O) groups is 1. The molecule has 0 fully saturated rings. The molecule has 2 aromatic carbocycles. The number of amides is 1. The van der Waals surface area contributed by atoms with Crippen LogP contribution in [0.1, 0.15) is 35.6 Å². The molecule has 0 saturated heterocycles. The monoisotopic (exact) mass is 388 g/mol. The van der Waals surface area contributed by atoms with Gasteiger partial charge >= 0.3 is 0 Å². The third-order valence-electron chi connectivity index (χ3n) is 4.58. The number of sulfonamides is 1. The number of nitrogens with zero attached hydrogens (tertiary/aromatic N) is 1. The molecule has 0 heterocycles. The van der Waals surface area contributed by atoms with Crippen LogP contribution in [-0.4, -0.2) is 27.1 Å². The van der Waals surface area contributed by atoms with Gasteiger partial charge in [-0.2, -0.15) is 0 Å². The second kappa shape index (κ2) is 8.57. The molecule has 0 atom stereocenters. The van der Waals surface area contributed by atoms with Crippen LogP contribution in [0, 0.1) is 20.8 Å². The smallest absolute Gasteiger partial charge is 0.232 e. The summed E-state index contributed by atoms with van der Waals surface area (Å²) in [6, 6.07) is 11.6. The lowest BCUT2D eigenvalue weighted by atomic mass is 10.1. The van der Waals surface area contributed by atoms with Gasteiger partial charge < -0.3 is 5.32 Å². The number of aryl methyl sites for hydroxylation is 4. The van der Waals surface area contributed by atoms with Crippen LogP contribution in [0.4, 0.5) is 11.4 Å². The number of para-hydroxylation sites is 1. The molecule has 27 heavy (non-hydrogen) atoms. The number of carbonyl (C=O) groups excluding carboxylic acids is 1. The molecule has 6 heteroatoms. The van der Waals surface area contributed by atoms with Crippen molar-refractivity contribution in [2.45, 2.75) is 40.5 Å². The summed E-state index contributed by atoms with van der Waals surface area (Å²) >= 11 is 0. The molecule has 0 aliphatic carbocycles. The summed E-state index contributed by atoms with van der Waals surface area (Å²) < 4.78 is 25.9. The van der Waals surface area contributed by atoms with Crippen LogP contribution in [0.15, 0.2) is 36.4 Å². The highest BCUT2D eigenvalue weighted by Gasteiger charge is 2.21. The molecule has 0 unspecified atom stereocenters. The number of nitrogens with one attached hydrogen (secondary N) is 1. The van der Waals surface area contributed by atoms with Crippen molar-refractivity contribution in [1.29, 1.82) is 0 Å². The van der Waals surface area contributed by atoms with Crippen molar-refractivity contribution in [3.63, 3.8) is 0 Å². The van der Waals surface area contributed by atoms with Gasteiger partial charge in [0.15, 0.2) is 0 Å². The van der Waals surface area contributed by atoms with Gasteiger partial charge in [-0.1, -0.05) is 37.3 Å². The van der Waals surface area contributed by atoms with Gasteiger partial charge in [-0.3, -0.25) is 9.10 Å². The Bertz CT molecular complexity index is 936. The molecule has 1 N–H and O–H groups in total. The molecular weight excluding hydrogens is 360 g/mol. The number of hydrogen-bond donors (Lipinski definition) is 1. The minimum Gasteiger partial charge on any atom is -0.326 e. The van der Waals surface area contributed by atoms with E-state index in [2.05, 4.69) is 5.32 Å². The van der Waals surface area contributed by atoms with Crippen LogP contribution in [0.25, 0.3) is 0 Å². The standard InChI is InChI=1S/C21H28N2O3S/c1-6-18-9-7-8-17(4)21(18)22-20(24)12-13-23(27(5,25)26)19-14-15(2)10-11-16(19)3/h7-11,14H,6,12-13H2,1-5H3,(H,22,24). The fourth-order valence-corrected chi connectivity index (χ4v) is 4.04. The van der Waals surface area contributed by atoms with Gasteiger partial charge in [0.1, 0.15) is 0 Å². The van der Waals surface area contributed by atoms with E-state index in [-0.39, 0.29) is 18.9 Å². The van der Waals surface area contributed by atoms with E-state index in [0.29, 0.717) is 5.69 Å². The summed E-state index contributed by atoms with van der Waals surface area (Å²) in [5.74, 6) is -0.196. The van der Waals surface area contributed by atoms with E-state index in [4.69, 9.17) is 0 Å². The van der Waals surface area contributed by atoms with Crippen molar-refractivity contribution in [3.8, 4) is 0 Å². The topological polar surface area (TPSA) is 66.5 Å². The first-order chi connectivity index (χ1) is 12.6. The van der Waals surface area contributed by atoms with Gasteiger partial charge in [0.05, 0.1) is 11.9 Å². The minimum absolute atomic E-state index is 0.0813. The molecule has 146 valence electrons. The maximum Gasteiger partial charge on any atom is 0.232 e. The summed E-state index contributed by atoms with van der Waals surface area (Å²) in [5.41, 5.74) is 5.34. The third-order valence-corrected chi connectivity index (χ3v) is 5.76. The Kier molecular flexibility index (Phi) is 6.65. The fraction of sp³-hybridized carbons (Fsp3) is 0.381. The van der Waals surface area contributed by atoms with Crippen molar-refractivity contribution in [2.75, 3.05) is 22.4 Å². The van der Waals surface area contributed by atoms with Crippen LogP contribution >= 0.6 is 0 Å². The predicted molar refractivity (Wildman–Crippen MR) is 112 cm³/mol. The second-order valence-corrected chi connectivity index (χ2v) is 8.79. The van der Waals surface area contributed by atoms with E-state index in [1.54, 1.807) is 0 Å². The molecule has 1 amide bonds. The number of anilines is 2. The normalized spacial score (nSPS) is 11.3. The van der Waals surface area contributed by atoms with Gasteiger partial charge in [-0.15, -0.1) is 0 Å². The van der Waals surface area contributed by atoms with Crippen LogP contribution in [0.2, 0.25) is 0 Å². The molecule has 5 nitrogen and oxygen atoms in total. The number of benzene rings is 2. The van der Waals surface area contributed by atoms with Crippen molar-refractivity contribution >= 4 is 27.3 Å². The zero-order chi connectivity index (χ0) is 20.2. The van der Waals surface area contributed by atoms with E-state index >= 15 is 0 Å². The van der Waals surface area contributed by atoms with E-state index in [9.17, 15) is 13.2 Å². The summed E-state index contributed by atoms with van der Waals surface area (Å²) in [6.07, 6.45) is 2.07. The molecule has 0 radical (unpaired) electrons. The minimum atomic E-state index is -3.49. The number of rotatable bonds is 7. The Morgan fingerprint density at radius 1 is 1.07 bits per heavy atom. The molecule has 0 bridgehead atoms. The van der Waals surface area contributed by atoms with E-state index in [1.807, 2.05) is 64.1 Å². The summed E-state index contributed by atoms with van der Waals surface area (Å²) in [5, 5.41) is 2.95. The van der Waals surface area contributed by atoms with E-state index in [1.165, 1.54) is 10.6 Å². The maximum absolute atomic E-state index is 12.5. The Labute approximate surface area is 162 Å². The largest absolute Gasteiger partial charge is 0.326 e. The lowest BCUT2D eigenvalue weighted by molar-refractivity contribution is -0.116. The molecule has 2 aromatic rings. The van der Waals surface area contributed by atoms with Gasteiger partial charge in [-0.05, 0) is 55.5 Å². The summed E-state index contributed by atoms with van der Waals surface area (Å²) in [7, 11) is -3.49. The molecule has 0 aliphatic heterocycles. The Morgan fingerprint density at radius 2 is 1.78 bits per heavy atom. The van der Waals surface area contributed by atoms with Gasteiger partial charge in [-0.25, -0.2) is 8.42 Å². The van der Waals surface area contributed by atoms with Gasteiger partial charge in [0.25, 0.3) is 0 Å². The molecule has 0 aromatic heterocycles. The highest BCUT2D eigenvalue weighted by Crippen LogP contribution is 2.25. The summed E-state index contributed by atoms with van der Waals surface area (Å²) in [6.45, 7) is 7.88. The Hall–Kier alpha value is -2.34. The Balaban J connectivity index is 2.19. The SMILES string of the molecule is CCc1cccc(C)c1NC(=O)CCN(c1cc(C)ccc1C)S(C)(=O)=O. The molecular formula is C21H28N2O3S. The predicted octanol–water partition coefficient (Wildman–Crippen LogP) is 3.97. The highest BCUT2D eigenvalue weighted by molar-refractivity contribution is 7.92.